The first-order valence-electron chi connectivity index (χ1n) is 11.9. The first-order valence-corrected chi connectivity index (χ1v) is 13.8. The molecule has 1 aromatic heterocycles. The van der Waals surface area contributed by atoms with E-state index in [0.29, 0.717) is 55.9 Å². The predicted octanol–water partition coefficient (Wildman–Crippen LogP) is 4.96. The van der Waals surface area contributed by atoms with Gasteiger partial charge in [-0.1, -0.05) is 12.1 Å². The number of fused-ring (bicyclic) bond motifs is 1. The number of thioether (sulfide) groups is 1. The van der Waals surface area contributed by atoms with Gasteiger partial charge in [0.15, 0.2) is 5.17 Å². The maximum Gasteiger partial charge on any atom is 0.416 e. The number of halogens is 7. The molecular formula is C25H20F6IN5O2S. The number of carbonyl (C=O) groups excluding carboxylic acids is 1. The van der Waals surface area contributed by atoms with E-state index in [-0.39, 0.29) is 24.3 Å². The third-order valence-corrected chi connectivity index (χ3v) is 8.29. The van der Waals surface area contributed by atoms with E-state index >= 15 is 0 Å². The molecule has 15 heteroatoms. The number of alkyl halides is 6. The minimum Gasteiger partial charge on any atom is -0.395 e. The fourth-order valence-electron chi connectivity index (χ4n) is 4.49. The summed E-state index contributed by atoms with van der Waals surface area (Å²) in [6, 6.07) is 6.52. The fraction of sp³-hybridized carbons (Fsp3) is 0.320. The molecule has 0 aliphatic carbocycles. The number of aliphatic hydroxyl groups excluding tert-OH is 1. The van der Waals surface area contributed by atoms with E-state index < -0.39 is 35.9 Å². The van der Waals surface area contributed by atoms with Crippen molar-refractivity contribution in [3.63, 3.8) is 0 Å². The fourth-order valence-corrected chi connectivity index (χ4v) is 6.13. The van der Waals surface area contributed by atoms with Crippen LogP contribution in [-0.2, 0) is 23.7 Å². The molecule has 5 rings (SSSR count). The number of carbonyl (C=O) groups is 1. The van der Waals surface area contributed by atoms with E-state index in [0.717, 1.165) is 6.07 Å². The van der Waals surface area contributed by atoms with Crippen molar-refractivity contribution in [3.8, 4) is 0 Å². The number of amidine groups is 1. The molecule has 0 radical (unpaired) electrons. The van der Waals surface area contributed by atoms with Gasteiger partial charge in [-0.2, -0.15) is 36.4 Å². The molecule has 0 spiro atoms. The zero-order valence-electron chi connectivity index (χ0n) is 20.4. The molecule has 0 unspecified atom stereocenters. The highest BCUT2D eigenvalue weighted by Crippen LogP contribution is 2.38. The van der Waals surface area contributed by atoms with Gasteiger partial charge in [0.25, 0.3) is 5.91 Å². The van der Waals surface area contributed by atoms with Crippen LogP contribution in [0.5, 0.6) is 0 Å². The van der Waals surface area contributed by atoms with Crippen molar-refractivity contribution < 1.29 is 36.2 Å². The largest absolute Gasteiger partial charge is 0.416 e. The minimum absolute atomic E-state index is 0.0339. The van der Waals surface area contributed by atoms with Crippen LogP contribution in [0, 0.1) is 3.70 Å². The Bertz CT molecular complexity index is 1530. The lowest BCUT2D eigenvalue weighted by Crippen LogP contribution is -2.53. The molecule has 2 aromatic carbocycles. The Hall–Kier alpha value is -2.63. The normalized spacial score (nSPS) is 19.6. The van der Waals surface area contributed by atoms with Gasteiger partial charge in [-0.05, 0) is 75.8 Å². The van der Waals surface area contributed by atoms with Gasteiger partial charge in [0, 0.05) is 31.1 Å². The Balaban J connectivity index is 1.40. The van der Waals surface area contributed by atoms with Crippen LogP contribution >= 0.6 is 34.4 Å². The number of piperazine rings is 1. The summed E-state index contributed by atoms with van der Waals surface area (Å²) in [5.74, 6) is -0.397. The highest BCUT2D eigenvalue weighted by atomic mass is 127. The molecule has 7 nitrogen and oxygen atoms in total. The quantitative estimate of drug-likeness (QED) is 0.228. The number of aromatic nitrogens is 2. The molecule has 3 aromatic rings. The maximum absolute atomic E-state index is 13.6. The van der Waals surface area contributed by atoms with Gasteiger partial charge in [-0.3, -0.25) is 9.48 Å². The van der Waals surface area contributed by atoms with Crippen molar-refractivity contribution in [1.29, 1.82) is 0 Å². The molecule has 0 saturated carbocycles. The van der Waals surface area contributed by atoms with E-state index in [9.17, 15) is 36.2 Å². The van der Waals surface area contributed by atoms with E-state index in [1.54, 1.807) is 24.3 Å². The first kappa shape index (κ1) is 28.9. The molecule has 212 valence electrons. The average molecular weight is 695 g/mol. The third kappa shape index (κ3) is 6.01. The highest BCUT2D eigenvalue weighted by molar-refractivity contribution is 14.1. The monoisotopic (exact) mass is 695 g/mol. The second-order valence-electron chi connectivity index (χ2n) is 9.18. The van der Waals surface area contributed by atoms with Crippen LogP contribution in [-0.4, -0.2) is 63.1 Å². The van der Waals surface area contributed by atoms with Crippen molar-refractivity contribution in [2.24, 2.45) is 4.99 Å². The standard InChI is InChI=1S/C25H20F6IN5O2S/c26-24(27,28)15-3-2-14(18(9-15)25(29,30)31)10-37-19-4-1-13(7-17(19)21(32)35-37)8-20-22(39)34-23(40-20)36-6-5-33-16(11-36)12-38/h1-4,7-9,16,33,38H,5-6,10-12H2/t16-/m1/s1. The number of hydrogen-bond donors (Lipinski definition) is 2. The summed E-state index contributed by atoms with van der Waals surface area (Å²) in [5.41, 5.74) is -1.96. The number of aliphatic hydroxyl groups is 1. The number of nitrogens with zero attached hydrogens (tertiary/aromatic N) is 4. The van der Waals surface area contributed by atoms with Gasteiger partial charge in [0.1, 0.15) is 3.70 Å². The van der Waals surface area contributed by atoms with Crippen LogP contribution in [0.3, 0.4) is 0 Å². The highest BCUT2D eigenvalue weighted by Gasteiger charge is 2.38. The van der Waals surface area contributed by atoms with Gasteiger partial charge in [-0.15, -0.1) is 0 Å². The van der Waals surface area contributed by atoms with Gasteiger partial charge in [-0.25, -0.2) is 0 Å². The third-order valence-electron chi connectivity index (χ3n) is 6.45. The van der Waals surface area contributed by atoms with Crippen LogP contribution in [0.15, 0.2) is 46.3 Å². The average Bonchev–Trinajstić information content (AvgIpc) is 3.41. The Kier molecular flexibility index (Phi) is 7.93. The van der Waals surface area contributed by atoms with Crippen molar-refractivity contribution >= 4 is 62.4 Å². The topological polar surface area (TPSA) is 82.8 Å². The summed E-state index contributed by atoms with van der Waals surface area (Å²) < 4.78 is 81.8. The molecule has 0 bridgehead atoms. The SMILES string of the molecule is O=C1N=C(N2CCN[C@@H](CO)C2)SC1=Cc1ccc2c(c1)c(I)nn2Cc1ccc(C(F)(F)F)cc1C(F)(F)F. The molecule has 2 N–H and O–H groups in total. The molecule has 3 heterocycles. The summed E-state index contributed by atoms with van der Waals surface area (Å²) in [5, 5.41) is 18.1. The van der Waals surface area contributed by atoms with Gasteiger partial charge in [0.05, 0.1) is 34.7 Å². The molecule has 1 saturated heterocycles. The summed E-state index contributed by atoms with van der Waals surface area (Å²) in [4.78, 5) is 19.1. The number of nitrogens with one attached hydrogen (secondary N) is 1. The smallest absolute Gasteiger partial charge is 0.395 e. The predicted molar refractivity (Wildman–Crippen MR) is 146 cm³/mol. The molecule has 1 amide bonds. The zero-order valence-corrected chi connectivity index (χ0v) is 23.3. The Morgan fingerprint density at radius 2 is 1.90 bits per heavy atom. The number of aliphatic imine (C=N–C) groups is 1. The molecule has 1 fully saturated rings. The van der Waals surface area contributed by atoms with E-state index in [4.69, 9.17) is 0 Å². The lowest BCUT2D eigenvalue weighted by Gasteiger charge is -2.33. The molecule has 2 aliphatic rings. The van der Waals surface area contributed by atoms with Gasteiger partial charge >= 0.3 is 12.4 Å². The van der Waals surface area contributed by atoms with E-state index in [1.807, 2.05) is 27.5 Å². The van der Waals surface area contributed by atoms with Crippen molar-refractivity contribution in [3.05, 3.63) is 67.3 Å². The number of amides is 1. The van der Waals surface area contributed by atoms with Crippen LogP contribution < -0.4 is 5.32 Å². The summed E-state index contributed by atoms with van der Waals surface area (Å²) in [7, 11) is 0. The van der Waals surface area contributed by atoms with Crippen LogP contribution in [0.1, 0.15) is 22.3 Å². The summed E-state index contributed by atoms with van der Waals surface area (Å²) >= 11 is 3.16. The van der Waals surface area contributed by atoms with Crippen LogP contribution in [0.25, 0.3) is 17.0 Å². The Labute approximate surface area is 241 Å². The number of hydrogen-bond acceptors (Lipinski definition) is 6. The second-order valence-corrected chi connectivity index (χ2v) is 11.2. The summed E-state index contributed by atoms with van der Waals surface area (Å²) in [6.45, 7) is 1.38. The van der Waals surface area contributed by atoms with E-state index in [1.165, 1.54) is 16.4 Å². The molecule has 1 atom stereocenters. The summed E-state index contributed by atoms with van der Waals surface area (Å²) in [6.07, 6.45) is -8.23. The molecule has 2 aliphatic heterocycles. The van der Waals surface area contributed by atoms with Gasteiger partial charge < -0.3 is 15.3 Å². The van der Waals surface area contributed by atoms with Gasteiger partial charge in [0.2, 0.25) is 0 Å². The lowest BCUT2D eigenvalue weighted by atomic mass is 10.0. The Morgan fingerprint density at radius 3 is 2.60 bits per heavy atom. The molecule has 40 heavy (non-hydrogen) atoms. The van der Waals surface area contributed by atoms with Crippen molar-refractivity contribution in [2.75, 3.05) is 26.2 Å². The second kappa shape index (κ2) is 11.0. The minimum atomic E-state index is -4.98. The Morgan fingerprint density at radius 1 is 1.12 bits per heavy atom. The molecular weight excluding hydrogens is 675 g/mol. The number of rotatable bonds is 4. The first-order chi connectivity index (χ1) is 18.8. The number of benzene rings is 2. The maximum atomic E-state index is 13.6. The van der Waals surface area contributed by atoms with Crippen LogP contribution in [0.2, 0.25) is 0 Å². The zero-order chi connectivity index (χ0) is 28.8. The van der Waals surface area contributed by atoms with Crippen molar-refractivity contribution in [1.82, 2.24) is 20.0 Å². The lowest BCUT2D eigenvalue weighted by molar-refractivity contribution is -0.143. The van der Waals surface area contributed by atoms with E-state index in [2.05, 4.69) is 15.4 Å². The van der Waals surface area contributed by atoms with Crippen LogP contribution in [0.4, 0.5) is 26.3 Å². The van der Waals surface area contributed by atoms with Crippen molar-refractivity contribution in [2.45, 2.75) is 24.9 Å².